The van der Waals surface area contributed by atoms with E-state index in [1.165, 1.54) is 28.4 Å². The van der Waals surface area contributed by atoms with E-state index in [-0.39, 0.29) is 17.1 Å². The Morgan fingerprint density at radius 3 is 2.38 bits per heavy atom. The molecule has 1 aromatic heterocycles. The number of hydrogen-bond donors (Lipinski definition) is 2. The summed E-state index contributed by atoms with van der Waals surface area (Å²) in [5.41, 5.74) is 1.37. The number of aliphatic hydroxyl groups excluding tert-OH is 1. The summed E-state index contributed by atoms with van der Waals surface area (Å²) in [5, 5.41) is 21.7. The fourth-order valence-corrected chi connectivity index (χ4v) is 5.34. The van der Waals surface area contributed by atoms with E-state index >= 15 is 0 Å². The molecule has 2 heterocycles. The largest absolute Gasteiger partial charge is 0.508 e. The van der Waals surface area contributed by atoms with Crippen molar-refractivity contribution in [2.24, 2.45) is 0 Å². The highest BCUT2D eigenvalue weighted by Gasteiger charge is 2.48. The molecule has 8 nitrogen and oxygen atoms in total. The van der Waals surface area contributed by atoms with Gasteiger partial charge in [0.25, 0.3) is 5.78 Å². The van der Waals surface area contributed by atoms with Crippen LogP contribution < -0.4 is 14.4 Å². The zero-order valence-electron chi connectivity index (χ0n) is 20.2. The minimum Gasteiger partial charge on any atom is -0.508 e. The van der Waals surface area contributed by atoms with Crippen molar-refractivity contribution < 1.29 is 29.3 Å². The third-order valence-corrected chi connectivity index (χ3v) is 6.95. The van der Waals surface area contributed by atoms with Crippen molar-refractivity contribution in [2.45, 2.75) is 19.9 Å². The number of carbonyl (C=O) groups excluding carboxylic acids is 2. The number of rotatable bonds is 7. The summed E-state index contributed by atoms with van der Waals surface area (Å²) >= 11 is 1.24. The molecule has 0 radical (unpaired) electrons. The minimum atomic E-state index is -0.995. The van der Waals surface area contributed by atoms with Crippen LogP contribution in [0.3, 0.4) is 0 Å². The number of Topliss-reactive ketones (excluding diaryl/α,β-unsaturated/α-hetero) is 1. The zero-order valence-corrected chi connectivity index (χ0v) is 21.0. The van der Waals surface area contributed by atoms with Gasteiger partial charge in [0, 0.05) is 5.56 Å². The number of aliphatic hydroxyl groups is 1. The van der Waals surface area contributed by atoms with E-state index in [0.29, 0.717) is 46.5 Å². The highest BCUT2D eigenvalue weighted by atomic mass is 32.1. The van der Waals surface area contributed by atoms with Gasteiger partial charge in [0.2, 0.25) is 0 Å². The molecule has 0 spiro atoms. The van der Waals surface area contributed by atoms with Crippen LogP contribution in [0, 0.1) is 0 Å². The molecule has 1 unspecified atom stereocenters. The summed E-state index contributed by atoms with van der Waals surface area (Å²) in [7, 11) is 0. The standard InChI is InChI=1S/C28H24N2O6S/c1-3-35-19-10-8-16(9-11-19)25(32)23-24(17-6-5-7-18(31)14-17)30(27(34)26(23)33)28-29-21-13-12-20(36-4-2)15-22(21)37-28/h5-15,24,31-32H,3-4H2,1-2H3/b25-23+. The molecular formula is C28H24N2O6S. The number of amides is 1. The Labute approximate surface area is 217 Å². The second kappa shape index (κ2) is 9.94. The summed E-state index contributed by atoms with van der Waals surface area (Å²) in [6.07, 6.45) is 0. The van der Waals surface area contributed by atoms with Crippen LogP contribution >= 0.6 is 11.3 Å². The lowest BCUT2D eigenvalue weighted by Gasteiger charge is -2.23. The lowest BCUT2D eigenvalue weighted by molar-refractivity contribution is -0.132. The van der Waals surface area contributed by atoms with Gasteiger partial charge in [-0.1, -0.05) is 23.5 Å². The Bertz CT molecular complexity index is 1530. The smallest absolute Gasteiger partial charge is 0.301 e. The van der Waals surface area contributed by atoms with Crippen molar-refractivity contribution in [1.29, 1.82) is 0 Å². The average molecular weight is 517 g/mol. The van der Waals surface area contributed by atoms with Crippen molar-refractivity contribution in [3.05, 3.63) is 83.4 Å². The molecule has 1 saturated heterocycles. The number of anilines is 1. The molecule has 4 aromatic rings. The third-order valence-electron chi connectivity index (χ3n) is 5.93. The summed E-state index contributed by atoms with van der Waals surface area (Å²) in [5.74, 6) is -0.720. The number of thiazole rings is 1. The van der Waals surface area contributed by atoms with Crippen LogP contribution in [0.25, 0.3) is 16.0 Å². The van der Waals surface area contributed by atoms with Gasteiger partial charge < -0.3 is 19.7 Å². The lowest BCUT2D eigenvalue weighted by atomic mass is 9.95. The Morgan fingerprint density at radius 1 is 0.973 bits per heavy atom. The second-order valence-corrected chi connectivity index (χ2v) is 9.29. The van der Waals surface area contributed by atoms with E-state index in [0.717, 1.165) is 4.70 Å². The minimum absolute atomic E-state index is 0.0326. The topological polar surface area (TPSA) is 109 Å². The molecule has 2 N–H and O–H groups in total. The number of hydrogen-bond acceptors (Lipinski definition) is 8. The quantitative estimate of drug-likeness (QED) is 0.192. The molecule has 3 aromatic carbocycles. The fourth-order valence-electron chi connectivity index (χ4n) is 4.32. The predicted octanol–water partition coefficient (Wildman–Crippen LogP) is 5.43. The highest BCUT2D eigenvalue weighted by molar-refractivity contribution is 7.22. The molecule has 188 valence electrons. The Kier molecular flexibility index (Phi) is 6.54. The zero-order chi connectivity index (χ0) is 26.1. The number of ether oxygens (including phenoxy) is 2. The highest BCUT2D eigenvalue weighted by Crippen LogP contribution is 2.45. The molecule has 0 bridgehead atoms. The van der Waals surface area contributed by atoms with Crippen LogP contribution in [0.2, 0.25) is 0 Å². The second-order valence-electron chi connectivity index (χ2n) is 8.28. The number of aromatic hydroxyl groups is 1. The summed E-state index contributed by atoms with van der Waals surface area (Å²) < 4.78 is 11.8. The number of nitrogens with zero attached hydrogens (tertiary/aromatic N) is 2. The maximum Gasteiger partial charge on any atom is 0.301 e. The van der Waals surface area contributed by atoms with Crippen molar-refractivity contribution >= 4 is 44.1 Å². The van der Waals surface area contributed by atoms with E-state index in [2.05, 4.69) is 4.98 Å². The van der Waals surface area contributed by atoms with Crippen molar-refractivity contribution in [3.8, 4) is 17.2 Å². The Hall–Kier alpha value is -4.37. The molecule has 0 saturated carbocycles. The average Bonchev–Trinajstić information content (AvgIpc) is 3.42. The van der Waals surface area contributed by atoms with E-state index in [1.807, 2.05) is 19.9 Å². The molecule has 0 aliphatic carbocycles. The predicted molar refractivity (Wildman–Crippen MR) is 141 cm³/mol. The first-order valence-corrected chi connectivity index (χ1v) is 12.6. The Balaban J connectivity index is 1.66. The van der Waals surface area contributed by atoms with E-state index in [1.54, 1.807) is 48.5 Å². The van der Waals surface area contributed by atoms with E-state index in [4.69, 9.17) is 9.47 Å². The number of aromatic nitrogens is 1. The first-order chi connectivity index (χ1) is 17.9. The summed E-state index contributed by atoms with van der Waals surface area (Å²) in [6, 6.07) is 17.3. The van der Waals surface area contributed by atoms with Crippen LogP contribution in [-0.2, 0) is 9.59 Å². The van der Waals surface area contributed by atoms with Crippen molar-refractivity contribution in [2.75, 3.05) is 18.1 Å². The van der Waals surface area contributed by atoms with Crippen LogP contribution in [0.1, 0.15) is 31.0 Å². The molecule has 9 heteroatoms. The molecule has 1 atom stereocenters. The Morgan fingerprint density at radius 2 is 1.68 bits per heavy atom. The SMILES string of the molecule is CCOc1ccc(/C(O)=C2\C(=O)C(=O)N(c3nc4ccc(OCC)cc4s3)C2c2cccc(O)c2)cc1. The number of ketones is 1. The van der Waals surface area contributed by atoms with Crippen LogP contribution in [0.5, 0.6) is 17.2 Å². The van der Waals surface area contributed by atoms with Gasteiger partial charge >= 0.3 is 5.91 Å². The summed E-state index contributed by atoms with van der Waals surface area (Å²) in [4.78, 5) is 32.6. The molecule has 37 heavy (non-hydrogen) atoms. The van der Waals surface area contributed by atoms with Gasteiger partial charge in [0.15, 0.2) is 5.13 Å². The number of phenolic OH excluding ortho intramolecular Hbond substituents is 1. The van der Waals surface area contributed by atoms with Crippen LogP contribution in [0.15, 0.2) is 72.3 Å². The van der Waals surface area contributed by atoms with Crippen LogP contribution in [0.4, 0.5) is 5.13 Å². The molecule has 1 fully saturated rings. The lowest BCUT2D eigenvalue weighted by Crippen LogP contribution is -2.29. The van der Waals surface area contributed by atoms with Crippen molar-refractivity contribution in [3.63, 3.8) is 0 Å². The monoisotopic (exact) mass is 516 g/mol. The van der Waals surface area contributed by atoms with Gasteiger partial charge in [-0.15, -0.1) is 0 Å². The van der Waals surface area contributed by atoms with Gasteiger partial charge in [0.1, 0.15) is 23.0 Å². The first-order valence-electron chi connectivity index (χ1n) is 11.8. The van der Waals surface area contributed by atoms with E-state index in [9.17, 15) is 19.8 Å². The molecule has 1 aliphatic rings. The molecular weight excluding hydrogens is 492 g/mol. The van der Waals surface area contributed by atoms with Gasteiger partial charge in [-0.3, -0.25) is 14.5 Å². The molecule has 1 aliphatic heterocycles. The summed E-state index contributed by atoms with van der Waals surface area (Å²) in [6.45, 7) is 4.75. The maximum absolute atomic E-state index is 13.4. The number of phenols is 1. The fraction of sp³-hybridized carbons (Fsp3) is 0.179. The van der Waals surface area contributed by atoms with Gasteiger partial charge in [-0.2, -0.15) is 0 Å². The van der Waals surface area contributed by atoms with Gasteiger partial charge in [-0.25, -0.2) is 4.98 Å². The van der Waals surface area contributed by atoms with Gasteiger partial charge in [0.05, 0.1) is 35.0 Å². The number of carbonyl (C=O) groups is 2. The van der Waals surface area contributed by atoms with Crippen LogP contribution in [-0.4, -0.2) is 40.1 Å². The molecule has 1 amide bonds. The van der Waals surface area contributed by atoms with Crippen molar-refractivity contribution in [1.82, 2.24) is 4.98 Å². The number of benzene rings is 3. The number of fused-ring (bicyclic) bond motifs is 1. The maximum atomic E-state index is 13.4. The first kappa shape index (κ1) is 24.3. The third kappa shape index (κ3) is 4.49. The molecule has 5 rings (SSSR count). The normalized spacial score (nSPS) is 16.9. The van der Waals surface area contributed by atoms with Gasteiger partial charge in [-0.05, 0) is 74.0 Å². The van der Waals surface area contributed by atoms with E-state index < -0.39 is 17.7 Å².